The summed E-state index contributed by atoms with van der Waals surface area (Å²) in [6.07, 6.45) is 1.48. The molecule has 0 fully saturated rings. The average molecular weight is 303 g/mol. The van der Waals surface area contributed by atoms with Crippen molar-refractivity contribution in [1.29, 1.82) is 0 Å². The van der Waals surface area contributed by atoms with Crippen LogP contribution in [0.1, 0.15) is 0 Å². The second-order valence-corrected chi connectivity index (χ2v) is 4.28. The molecule has 0 atom stereocenters. The molecule has 0 bridgehead atoms. The molecule has 1 heterocycles. The molecule has 0 aliphatic rings. The molecule has 0 aliphatic carbocycles. The smallest absolute Gasteiger partial charge is 0.219 e. The van der Waals surface area contributed by atoms with Gasteiger partial charge >= 0.3 is 0 Å². The molecule has 5 heteroatoms. The van der Waals surface area contributed by atoms with Crippen LogP contribution in [0.3, 0.4) is 0 Å². The molecule has 1 aromatic heterocycles. The number of aromatic nitrogens is 1. The summed E-state index contributed by atoms with van der Waals surface area (Å²) in [5, 5.41) is 0.535. The molecule has 0 spiro atoms. The summed E-state index contributed by atoms with van der Waals surface area (Å²) in [7, 11) is 0. The number of nitrogens with zero attached hydrogens (tertiary/aromatic N) is 1. The number of ether oxygens (including phenoxy) is 1. The van der Waals surface area contributed by atoms with Gasteiger partial charge in [-0.15, -0.1) is 0 Å². The predicted molar refractivity (Wildman–Crippen MR) is 63.4 cm³/mol. The zero-order valence-electron chi connectivity index (χ0n) is 7.95. The maximum atomic E-state index is 13.0. The summed E-state index contributed by atoms with van der Waals surface area (Å²) in [5.41, 5.74) is 0. The lowest BCUT2D eigenvalue weighted by Crippen LogP contribution is -1.88. The first-order valence-corrected chi connectivity index (χ1v) is 5.57. The first-order chi connectivity index (χ1) is 7.65. The number of hydrogen-bond acceptors (Lipinski definition) is 2. The van der Waals surface area contributed by atoms with Crippen molar-refractivity contribution in [2.24, 2.45) is 0 Å². The minimum Gasteiger partial charge on any atom is -0.439 e. The van der Waals surface area contributed by atoms with Crippen LogP contribution in [0.15, 0.2) is 41.0 Å². The summed E-state index contributed by atoms with van der Waals surface area (Å²) in [5.74, 6) is 0.572. The van der Waals surface area contributed by atoms with Gasteiger partial charge in [0.1, 0.15) is 11.6 Å². The lowest BCUT2D eigenvalue weighted by Gasteiger charge is -2.05. The largest absolute Gasteiger partial charge is 0.439 e. The van der Waals surface area contributed by atoms with Gasteiger partial charge < -0.3 is 4.74 Å². The number of pyridine rings is 1. The highest BCUT2D eigenvalue weighted by Gasteiger charge is 2.03. The molecule has 2 rings (SSSR count). The third-order valence-electron chi connectivity index (χ3n) is 1.81. The van der Waals surface area contributed by atoms with E-state index in [1.807, 2.05) is 0 Å². The standard InChI is InChI=1S/C11H6BrClFNO/c12-9-5-8(2-3-10(9)14)16-11-4-1-7(13)6-15-11/h1-6H. The van der Waals surface area contributed by atoms with E-state index in [0.29, 0.717) is 21.1 Å². The van der Waals surface area contributed by atoms with Crippen LogP contribution in [0.4, 0.5) is 4.39 Å². The van der Waals surface area contributed by atoms with Crippen molar-refractivity contribution < 1.29 is 9.13 Å². The van der Waals surface area contributed by atoms with Crippen LogP contribution in [0.2, 0.25) is 5.02 Å². The average Bonchev–Trinajstić information content (AvgIpc) is 2.27. The van der Waals surface area contributed by atoms with E-state index < -0.39 is 0 Å². The molecule has 82 valence electrons. The van der Waals surface area contributed by atoms with Crippen molar-refractivity contribution in [2.45, 2.75) is 0 Å². The number of rotatable bonds is 2. The zero-order chi connectivity index (χ0) is 11.5. The minimum atomic E-state index is -0.337. The minimum absolute atomic E-state index is 0.337. The van der Waals surface area contributed by atoms with Gasteiger partial charge in [-0.25, -0.2) is 9.37 Å². The lowest BCUT2D eigenvalue weighted by atomic mass is 10.3. The first-order valence-electron chi connectivity index (χ1n) is 4.39. The topological polar surface area (TPSA) is 22.1 Å². The molecule has 0 saturated carbocycles. The maximum absolute atomic E-state index is 13.0. The molecular weight excluding hydrogens is 296 g/mol. The van der Waals surface area contributed by atoms with Crippen molar-refractivity contribution >= 4 is 27.5 Å². The molecule has 0 saturated heterocycles. The Morgan fingerprint density at radius 3 is 2.69 bits per heavy atom. The lowest BCUT2D eigenvalue weighted by molar-refractivity contribution is 0.460. The van der Waals surface area contributed by atoms with Gasteiger partial charge in [-0.2, -0.15) is 0 Å². The normalized spacial score (nSPS) is 10.2. The van der Waals surface area contributed by atoms with Gasteiger partial charge in [0.15, 0.2) is 0 Å². The van der Waals surface area contributed by atoms with Crippen LogP contribution in [-0.4, -0.2) is 4.98 Å². The Balaban J connectivity index is 2.20. The van der Waals surface area contributed by atoms with E-state index in [9.17, 15) is 4.39 Å². The van der Waals surface area contributed by atoms with Crippen molar-refractivity contribution in [3.63, 3.8) is 0 Å². The Bertz CT molecular complexity index is 504. The molecular formula is C11H6BrClFNO. The molecule has 0 aliphatic heterocycles. The molecule has 2 aromatic rings. The Morgan fingerprint density at radius 2 is 2.06 bits per heavy atom. The monoisotopic (exact) mass is 301 g/mol. The number of hydrogen-bond donors (Lipinski definition) is 0. The van der Waals surface area contributed by atoms with Crippen LogP contribution in [0.5, 0.6) is 11.6 Å². The van der Waals surface area contributed by atoms with Gasteiger partial charge in [-0.05, 0) is 40.2 Å². The Labute approximate surface area is 105 Å². The van der Waals surface area contributed by atoms with Crippen molar-refractivity contribution in [3.05, 3.63) is 51.8 Å². The fraction of sp³-hybridized carbons (Fsp3) is 0. The predicted octanol–water partition coefficient (Wildman–Crippen LogP) is 4.43. The summed E-state index contributed by atoms with van der Waals surface area (Å²) < 4.78 is 18.7. The van der Waals surface area contributed by atoms with Crippen LogP contribution in [-0.2, 0) is 0 Å². The van der Waals surface area contributed by atoms with Gasteiger partial charge in [0, 0.05) is 12.3 Å². The Kier molecular flexibility index (Phi) is 3.41. The SMILES string of the molecule is Fc1ccc(Oc2ccc(Cl)cn2)cc1Br. The molecule has 0 unspecified atom stereocenters. The van der Waals surface area contributed by atoms with Crippen LogP contribution in [0.25, 0.3) is 0 Å². The van der Waals surface area contributed by atoms with Crippen molar-refractivity contribution in [3.8, 4) is 11.6 Å². The van der Waals surface area contributed by atoms with Gasteiger partial charge in [-0.1, -0.05) is 11.6 Å². The van der Waals surface area contributed by atoms with E-state index >= 15 is 0 Å². The van der Waals surface area contributed by atoms with Gasteiger partial charge in [0.25, 0.3) is 0 Å². The highest BCUT2D eigenvalue weighted by molar-refractivity contribution is 9.10. The van der Waals surface area contributed by atoms with E-state index in [-0.39, 0.29) is 5.82 Å². The second kappa shape index (κ2) is 4.80. The summed E-state index contributed by atoms with van der Waals surface area (Å²) >= 11 is 8.76. The summed E-state index contributed by atoms with van der Waals surface area (Å²) in [6.45, 7) is 0. The zero-order valence-corrected chi connectivity index (χ0v) is 10.3. The van der Waals surface area contributed by atoms with Gasteiger partial charge in [0.2, 0.25) is 5.88 Å². The molecule has 16 heavy (non-hydrogen) atoms. The van der Waals surface area contributed by atoms with E-state index in [2.05, 4.69) is 20.9 Å². The maximum Gasteiger partial charge on any atom is 0.219 e. The fourth-order valence-electron chi connectivity index (χ4n) is 1.08. The van der Waals surface area contributed by atoms with E-state index in [1.54, 1.807) is 12.1 Å². The summed E-state index contributed by atoms with van der Waals surface area (Å²) in [4.78, 5) is 3.96. The Hall–Kier alpha value is -1.13. The quantitative estimate of drug-likeness (QED) is 0.819. The van der Waals surface area contributed by atoms with E-state index in [1.165, 1.54) is 24.4 Å². The summed E-state index contributed by atoms with van der Waals surface area (Å²) in [6, 6.07) is 7.68. The molecule has 0 amide bonds. The molecule has 1 aromatic carbocycles. The van der Waals surface area contributed by atoms with Crippen molar-refractivity contribution in [2.75, 3.05) is 0 Å². The van der Waals surface area contributed by atoms with Gasteiger partial charge in [-0.3, -0.25) is 0 Å². The molecule has 2 nitrogen and oxygen atoms in total. The van der Waals surface area contributed by atoms with Gasteiger partial charge in [0.05, 0.1) is 9.50 Å². The molecule has 0 radical (unpaired) electrons. The van der Waals surface area contributed by atoms with E-state index in [0.717, 1.165) is 0 Å². The third-order valence-corrected chi connectivity index (χ3v) is 2.65. The first kappa shape index (κ1) is 11.4. The highest BCUT2D eigenvalue weighted by atomic mass is 79.9. The second-order valence-electron chi connectivity index (χ2n) is 2.99. The Morgan fingerprint density at radius 1 is 1.25 bits per heavy atom. The van der Waals surface area contributed by atoms with Crippen LogP contribution < -0.4 is 4.74 Å². The van der Waals surface area contributed by atoms with Crippen LogP contribution in [0, 0.1) is 5.82 Å². The van der Waals surface area contributed by atoms with Crippen LogP contribution >= 0.6 is 27.5 Å². The van der Waals surface area contributed by atoms with E-state index in [4.69, 9.17) is 16.3 Å². The fourth-order valence-corrected chi connectivity index (χ4v) is 1.55. The van der Waals surface area contributed by atoms with Crippen molar-refractivity contribution in [1.82, 2.24) is 4.98 Å². The highest BCUT2D eigenvalue weighted by Crippen LogP contribution is 2.25. The number of benzene rings is 1. The third kappa shape index (κ3) is 2.71. The number of halogens is 3. The molecule has 0 N–H and O–H groups in total.